The summed E-state index contributed by atoms with van der Waals surface area (Å²) in [5, 5.41) is 2.74. The Bertz CT molecular complexity index is 713. The molecule has 0 aromatic heterocycles. The van der Waals surface area contributed by atoms with Crippen LogP contribution in [-0.2, 0) is 9.59 Å². The molecule has 3 rings (SSSR count). The van der Waals surface area contributed by atoms with Crippen LogP contribution < -0.4 is 11.1 Å². The van der Waals surface area contributed by atoms with E-state index in [0.29, 0.717) is 50.1 Å². The van der Waals surface area contributed by atoms with E-state index in [2.05, 4.69) is 5.32 Å². The maximum absolute atomic E-state index is 12.6. The molecule has 138 valence electrons. The predicted octanol–water partition coefficient (Wildman–Crippen LogP) is -0.404. The topological polar surface area (TPSA) is 113 Å². The first-order valence-electron chi connectivity index (χ1n) is 8.73. The lowest BCUT2D eigenvalue weighted by atomic mass is 9.97. The highest BCUT2D eigenvalue weighted by Gasteiger charge is 2.38. The van der Waals surface area contributed by atoms with Gasteiger partial charge in [-0.2, -0.15) is 0 Å². The van der Waals surface area contributed by atoms with E-state index in [0.717, 1.165) is 4.90 Å². The quantitative estimate of drug-likeness (QED) is 0.695. The molecule has 2 aliphatic rings. The molecule has 1 saturated heterocycles. The highest BCUT2D eigenvalue weighted by Crippen LogP contribution is 2.23. The highest BCUT2D eigenvalue weighted by molar-refractivity contribution is 6.22. The van der Waals surface area contributed by atoms with Gasteiger partial charge in [-0.15, -0.1) is 0 Å². The first-order chi connectivity index (χ1) is 12.5. The van der Waals surface area contributed by atoms with E-state index in [1.165, 1.54) is 0 Å². The van der Waals surface area contributed by atoms with Crippen LogP contribution in [0.2, 0.25) is 0 Å². The Balaban J connectivity index is 1.63. The number of amides is 4. The Morgan fingerprint density at radius 3 is 2.42 bits per heavy atom. The molecular weight excluding hydrogens is 336 g/mol. The van der Waals surface area contributed by atoms with Crippen LogP contribution in [0.25, 0.3) is 0 Å². The van der Waals surface area contributed by atoms with Crippen LogP contribution in [0.5, 0.6) is 0 Å². The van der Waals surface area contributed by atoms with Gasteiger partial charge in [0.25, 0.3) is 11.8 Å². The summed E-state index contributed by atoms with van der Waals surface area (Å²) < 4.78 is 0. The number of benzene rings is 1. The third-order valence-corrected chi connectivity index (χ3v) is 4.76. The van der Waals surface area contributed by atoms with E-state index in [1.807, 2.05) is 0 Å². The number of rotatable bonds is 5. The second-order valence-electron chi connectivity index (χ2n) is 6.50. The van der Waals surface area contributed by atoms with E-state index in [1.54, 1.807) is 29.2 Å². The summed E-state index contributed by atoms with van der Waals surface area (Å²) in [5.74, 6) is -1.63. The van der Waals surface area contributed by atoms with Gasteiger partial charge in [0.15, 0.2) is 0 Å². The molecule has 1 aromatic carbocycles. The van der Waals surface area contributed by atoms with Gasteiger partial charge in [0.2, 0.25) is 11.8 Å². The SMILES string of the molecule is NCCNC(=O)C1CCCN(C(=O)CN2C(=O)c3ccccc3C2=O)C1. The van der Waals surface area contributed by atoms with Crippen molar-refractivity contribution in [3.8, 4) is 0 Å². The third kappa shape index (κ3) is 3.45. The van der Waals surface area contributed by atoms with Crippen LogP contribution in [0.15, 0.2) is 24.3 Å². The third-order valence-electron chi connectivity index (χ3n) is 4.76. The lowest BCUT2D eigenvalue weighted by Gasteiger charge is -2.32. The molecule has 2 aliphatic heterocycles. The Kier molecular flexibility index (Phi) is 5.32. The average molecular weight is 358 g/mol. The number of hydrogen-bond donors (Lipinski definition) is 2. The molecule has 8 heteroatoms. The summed E-state index contributed by atoms with van der Waals surface area (Å²) in [6.45, 7) is 1.27. The molecule has 0 saturated carbocycles. The number of piperidine rings is 1. The van der Waals surface area contributed by atoms with Crippen LogP contribution in [0, 0.1) is 5.92 Å². The molecular formula is C18H22N4O4. The molecule has 4 amide bonds. The fourth-order valence-corrected chi connectivity index (χ4v) is 3.38. The molecule has 0 aliphatic carbocycles. The van der Waals surface area contributed by atoms with Crippen molar-refractivity contribution in [3.63, 3.8) is 0 Å². The minimum Gasteiger partial charge on any atom is -0.355 e. The summed E-state index contributed by atoms with van der Waals surface area (Å²) in [4.78, 5) is 52.0. The van der Waals surface area contributed by atoms with Crippen molar-refractivity contribution in [1.29, 1.82) is 0 Å². The van der Waals surface area contributed by atoms with E-state index in [4.69, 9.17) is 5.73 Å². The first kappa shape index (κ1) is 18.1. The standard InChI is InChI=1S/C18H22N4O4/c19-7-8-20-16(24)12-4-3-9-21(10-12)15(23)11-22-17(25)13-5-1-2-6-14(13)18(22)26/h1-2,5-6,12H,3-4,7-11,19H2,(H,20,24). The van der Waals surface area contributed by atoms with Crippen LogP contribution in [0.4, 0.5) is 0 Å². The Labute approximate surface area is 151 Å². The number of fused-ring (bicyclic) bond motifs is 1. The van der Waals surface area contributed by atoms with Crippen LogP contribution in [0.1, 0.15) is 33.6 Å². The molecule has 1 aromatic rings. The molecule has 1 fully saturated rings. The molecule has 8 nitrogen and oxygen atoms in total. The van der Waals surface area contributed by atoms with Gasteiger partial charge < -0.3 is 16.0 Å². The molecule has 0 radical (unpaired) electrons. The van der Waals surface area contributed by atoms with Crippen molar-refractivity contribution in [2.75, 3.05) is 32.7 Å². The number of carbonyl (C=O) groups is 4. The Morgan fingerprint density at radius 1 is 1.15 bits per heavy atom. The van der Waals surface area contributed by atoms with Gasteiger partial charge in [-0.3, -0.25) is 24.1 Å². The van der Waals surface area contributed by atoms with Gasteiger partial charge in [-0.05, 0) is 25.0 Å². The molecule has 2 heterocycles. The van der Waals surface area contributed by atoms with E-state index >= 15 is 0 Å². The largest absolute Gasteiger partial charge is 0.355 e. The van der Waals surface area contributed by atoms with Crippen molar-refractivity contribution >= 4 is 23.6 Å². The maximum atomic E-state index is 12.6. The fraction of sp³-hybridized carbons (Fsp3) is 0.444. The Morgan fingerprint density at radius 2 is 1.81 bits per heavy atom. The van der Waals surface area contributed by atoms with Gasteiger partial charge in [0.1, 0.15) is 6.54 Å². The zero-order chi connectivity index (χ0) is 18.7. The molecule has 26 heavy (non-hydrogen) atoms. The molecule has 0 bridgehead atoms. The van der Waals surface area contributed by atoms with Gasteiger partial charge in [0.05, 0.1) is 17.0 Å². The van der Waals surface area contributed by atoms with Crippen LogP contribution in [0.3, 0.4) is 0 Å². The number of hydrogen-bond acceptors (Lipinski definition) is 5. The van der Waals surface area contributed by atoms with Crippen LogP contribution in [-0.4, -0.2) is 66.2 Å². The monoisotopic (exact) mass is 358 g/mol. The van der Waals surface area contributed by atoms with Crippen LogP contribution >= 0.6 is 0 Å². The minimum absolute atomic E-state index is 0.117. The van der Waals surface area contributed by atoms with Gasteiger partial charge in [0, 0.05) is 26.2 Å². The molecule has 1 unspecified atom stereocenters. The van der Waals surface area contributed by atoms with Gasteiger partial charge >= 0.3 is 0 Å². The predicted molar refractivity (Wildman–Crippen MR) is 93.2 cm³/mol. The summed E-state index contributed by atoms with van der Waals surface area (Å²) in [6, 6.07) is 6.53. The number of nitrogens with zero attached hydrogens (tertiary/aromatic N) is 2. The summed E-state index contributed by atoms with van der Waals surface area (Å²) in [5.41, 5.74) is 6.03. The normalized spacial score (nSPS) is 19.5. The maximum Gasteiger partial charge on any atom is 0.262 e. The fourth-order valence-electron chi connectivity index (χ4n) is 3.38. The zero-order valence-electron chi connectivity index (χ0n) is 14.4. The van der Waals surface area contributed by atoms with Crippen molar-refractivity contribution < 1.29 is 19.2 Å². The van der Waals surface area contributed by atoms with Crippen molar-refractivity contribution in [2.45, 2.75) is 12.8 Å². The lowest BCUT2D eigenvalue weighted by molar-refractivity contribution is -0.136. The number of imide groups is 1. The molecule has 0 spiro atoms. The average Bonchev–Trinajstić information content (AvgIpc) is 2.91. The highest BCUT2D eigenvalue weighted by atomic mass is 16.2. The van der Waals surface area contributed by atoms with Gasteiger partial charge in [-0.25, -0.2) is 0 Å². The number of carbonyl (C=O) groups excluding carboxylic acids is 4. The molecule has 1 atom stereocenters. The summed E-state index contributed by atoms with van der Waals surface area (Å²) in [7, 11) is 0. The second-order valence-corrected chi connectivity index (χ2v) is 6.50. The number of likely N-dealkylation sites (tertiary alicyclic amines) is 1. The van der Waals surface area contributed by atoms with E-state index < -0.39 is 11.8 Å². The number of nitrogens with two attached hydrogens (primary N) is 1. The summed E-state index contributed by atoms with van der Waals surface area (Å²) in [6.07, 6.45) is 1.40. The molecule has 3 N–H and O–H groups in total. The van der Waals surface area contributed by atoms with Gasteiger partial charge in [-0.1, -0.05) is 12.1 Å². The smallest absolute Gasteiger partial charge is 0.262 e. The van der Waals surface area contributed by atoms with Crippen molar-refractivity contribution in [3.05, 3.63) is 35.4 Å². The summed E-state index contributed by atoms with van der Waals surface area (Å²) >= 11 is 0. The minimum atomic E-state index is -0.451. The second kappa shape index (κ2) is 7.65. The van der Waals surface area contributed by atoms with Crippen molar-refractivity contribution in [2.24, 2.45) is 11.7 Å². The van der Waals surface area contributed by atoms with E-state index in [9.17, 15) is 19.2 Å². The zero-order valence-corrected chi connectivity index (χ0v) is 14.4. The lowest BCUT2D eigenvalue weighted by Crippen LogP contribution is -2.49. The number of nitrogens with one attached hydrogen (secondary N) is 1. The van der Waals surface area contributed by atoms with E-state index in [-0.39, 0.29) is 24.3 Å². The Hall–Kier alpha value is -2.74. The first-order valence-corrected chi connectivity index (χ1v) is 8.73. The van der Waals surface area contributed by atoms with Crippen molar-refractivity contribution in [1.82, 2.24) is 15.1 Å².